The van der Waals surface area contributed by atoms with Crippen LogP contribution in [0.25, 0.3) is 120 Å². The molecular formula is C82H55N5. The number of benzene rings is 14. The molecular weight excluding hydrogens is 1050 g/mol. The summed E-state index contributed by atoms with van der Waals surface area (Å²) in [4.78, 5) is 11.2. The summed E-state index contributed by atoms with van der Waals surface area (Å²) >= 11 is 0. The summed E-state index contributed by atoms with van der Waals surface area (Å²) in [5, 5.41) is 15.6. The van der Waals surface area contributed by atoms with Crippen LogP contribution in [-0.4, -0.2) is 14.1 Å². The Morgan fingerprint density at radius 1 is 0.264 bits per heavy atom. The first kappa shape index (κ1) is 50.0. The number of hydrogen-bond acceptors (Lipinski definition) is 3. The zero-order valence-corrected chi connectivity index (χ0v) is 47.8. The molecule has 0 amide bonds. The van der Waals surface area contributed by atoms with Crippen LogP contribution < -0.4 is 9.80 Å². The summed E-state index contributed by atoms with van der Waals surface area (Å²) in [6, 6.07) is 116. The molecule has 17 aromatic rings. The van der Waals surface area contributed by atoms with E-state index in [1.807, 2.05) is 0 Å². The maximum atomic E-state index is 6.35. The van der Waals surface area contributed by atoms with Gasteiger partial charge in [0.2, 0.25) is 0 Å². The van der Waals surface area contributed by atoms with Crippen molar-refractivity contribution in [3.63, 3.8) is 0 Å². The minimum atomic E-state index is 0.922. The monoisotopic (exact) mass is 1110 g/mol. The normalized spacial score (nSPS) is 11.7. The third-order valence-corrected chi connectivity index (χ3v) is 17.7. The fourth-order valence-electron chi connectivity index (χ4n) is 14.0. The van der Waals surface area contributed by atoms with E-state index in [1.165, 1.54) is 10.8 Å². The van der Waals surface area contributed by atoms with Gasteiger partial charge in [0, 0.05) is 88.2 Å². The number of aromatic nitrogens is 3. The maximum Gasteiger partial charge on any atom is 0.0798 e. The van der Waals surface area contributed by atoms with Crippen molar-refractivity contribution in [2.24, 2.45) is 0 Å². The van der Waals surface area contributed by atoms with E-state index in [9.17, 15) is 0 Å². The molecule has 4 bridgehead atoms. The predicted molar refractivity (Wildman–Crippen MR) is 370 cm³/mol. The largest absolute Gasteiger partial charge is 0.310 e. The summed E-state index contributed by atoms with van der Waals surface area (Å²) in [7, 11) is 0. The molecule has 3 heterocycles. The zero-order chi connectivity index (χ0) is 57.5. The standard InChI is InChI=1S/C82H55N5/c1-54-77-59-48-65(84(61-32-6-2-7-33-61)73-44-20-26-55-24-14-16-40-69(55)73)52-67(50-59)86(63-36-10-4-11-37-63)75-46-22-30-57-28-18-42-71(79(57)75)81(77)83-82-72-43-19-29-58-31-23-47-76(80(58)72)87(64-38-12-5-13-39-64)68-51-60(78(54)82)49-66(53-68)85(62-34-8-3-9-35-62)74-45-21-27-56-25-15-17-41-70(56)74/h2-53H,1H3. The second-order valence-corrected chi connectivity index (χ2v) is 22.7. The molecule has 87 heavy (non-hydrogen) atoms. The third-order valence-electron chi connectivity index (χ3n) is 17.7. The minimum Gasteiger partial charge on any atom is -0.310 e. The second kappa shape index (κ2) is 20.4. The van der Waals surface area contributed by atoms with E-state index in [4.69, 9.17) is 4.98 Å². The second-order valence-electron chi connectivity index (χ2n) is 22.7. The predicted octanol–water partition coefficient (Wildman–Crippen LogP) is 22.6. The molecule has 0 spiro atoms. The Hall–Kier alpha value is -11.5. The molecule has 0 radical (unpaired) electrons. The molecule has 14 aromatic carbocycles. The van der Waals surface area contributed by atoms with Crippen molar-refractivity contribution >= 4 is 143 Å². The molecule has 0 aliphatic heterocycles. The van der Waals surface area contributed by atoms with Gasteiger partial charge < -0.3 is 18.9 Å². The number of fused-ring (bicyclic) bond motifs is 12. The van der Waals surface area contributed by atoms with Gasteiger partial charge in [0.25, 0.3) is 0 Å². The van der Waals surface area contributed by atoms with E-state index >= 15 is 0 Å². The van der Waals surface area contributed by atoms with Crippen molar-refractivity contribution in [3.8, 4) is 11.4 Å². The molecule has 0 saturated carbocycles. The first-order valence-electron chi connectivity index (χ1n) is 29.9. The SMILES string of the molecule is Cc1c2c3cc(N(c4ccccc4)c4cccc5ccccc45)cc(c3)n(-c3ccccc3)c3cccc4cccc(c2nc2c5cccc6cccc(c65)n(-c5ccccc5)c5cc(N(c6ccccc6)c6cccc7ccccc67)cc(c5)c12)c43. The van der Waals surface area contributed by atoms with Crippen molar-refractivity contribution in [3.05, 3.63) is 321 Å². The first-order valence-corrected chi connectivity index (χ1v) is 29.9. The van der Waals surface area contributed by atoms with Crippen LogP contribution in [0.2, 0.25) is 0 Å². The zero-order valence-electron chi connectivity index (χ0n) is 47.8. The van der Waals surface area contributed by atoms with Crippen LogP contribution in [0.4, 0.5) is 34.1 Å². The average Bonchev–Trinajstić information content (AvgIpc) is 1.76. The lowest BCUT2D eigenvalue weighted by molar-refractivity contribution is 1.16. The van der Waals surface area contributed by atoms with Gasteiger partial charge in [-0.05, 0) is 154 Å². The van der Waals surface area contributed by atoms with E-state index in [0.717, 1.165) is 149 Å². The van der Waals surface area contributed by atoms with E-state index in [0.29, 0.717) is 0 Å². The Kier molecular flexibility index (Phi) is 11.7. The molecule has 0 aliphatic carbocycles. The molecule has 17 rings (SSSR count). The van der Waals surface area contributed by atoms with E-state index < -0.39 is 0 Å². The number of aryl methyl sites for hydroxylation is 1. The lowest BCUT2D eigenvalue weighted by Crippen LogP contribution is -2.11. The third kappa shape index (κ3) is 8.19. The van der Waals surface area contributed by atoms with Gasteiger partial charge in [0.05, 0.1) is 33.4 Å². The van der Waals surface area contributed by atoms with Gasteiger partial charge in [-0.1, -0.05) is 206 Å². The lowest BCUT2D eigenvalue weighted by atomic mass is 9.95. The van der Waals surface area contributed by atoms with Crippen LogP contribution >= 0.6 is 0 Å². The van der Waals surface area contributed by atoms with Crippen LogP contribution in [0, 0.1) is 6.92 Å². The van der Waals surface area contributed by atoms with Gasteiger partial charge in [0.1, 0.15) is 0 Å². The van der Waals surface area contributed by atoms with Gasteiger partial charge in [0.15, 0.2) is 0 Å². The summed E-state index contributed by atoms with van der Waals surface area (Å²) in [5.41, 5.74) is 15.6. The average molecular weight is 1110 g/mol. The molecule has 0 N–H and O–H groups in total. The van der Waals surface area contributed by atoms with Crippen molar-refractivity contribution in [1.82, 2.24) is 14.1 Å². The Labute approximate surface area is 503 Å². The van der Waals surface area contributed by atoms with Crippen molar-refractivity contribution in [1.29, 1.82) is 0 Å². The fraction of sp³-hybridized carbons (Fsp3) is 0.0122. The topological polar surface area (TPSA) is 29.2 Å². The maximum absolute atomic E-state index is 6.35. The fourth-order valence-corrected chi connectivity index (χ4v) is 14.0. The quantitative estimate of drug-likeness (QED) is 0.152. The number of pyridine rings is 1. The van der Waals surface area contributed by atoms with Gasteiger partial charge in [-0.15, -0.1) is 0 Å². The van der Waals surface area contributed by atoms with Crippen molar-refractivity contribution < 1.29 is 0 Å². The summed E-state index contributed by atoms with van der Waals surface area (Å²) in [6.45, 7) is 2.36. The summed E-state index contributed by atoms with van der Waals surface area (Å²) in [6.07, 6.45) is 0. The van der Waals surface area contributed by atoms with E-state index in [2.05, 4.69) is 341 Å². The number of anilines is 6. The van der Waals surface area contributed by atoms with E-state index in [-0.39, 0.29) is 0 Å². The Balaban J connectivity index is 1.13. The highest BCUT2D eigenvalue weighted by Gasteiger charge is 2.24. The molecule has 5 heteroatoms. The lowest BCUT2D eigenvalue weighted by Gasteiger charge is -2.27. The van der Waals surface area contributed by atoms with Gasteiger partial charge >= 0.3 is 0 Å². The smallest absolute Gasteiger partial charge is 0.0798 e. The molecule has 0 fully saturated rings. The van der Waals surface area contributed by atoms with Gasteiger partial charge in [-0.3, -0.25) is 0 Å². The molecule has 0 atom stereocenters. The molecule has 3 aromatic heterocycles. The molecule has 0 saturated heterocycles. The van der Waals surface area contributed by atoms with E-state index in [1.54, 1.807) is 0 Å². The minimum absolute atomic E-state index is 0.922. The van der Waals surface area contributed by atoms with Gasteiger partial charge in [-0.25, -0.2) is 4.98 Å². The van der Waals surface area contributed by atoms with Crippen LogP contribution in [0.15, 0.2) is 315 Å². The molecule has 5 nitrogen and oxygen atoms in total. The molecule has 0 aliphatic rings. The number of para-hydroxylation sites is 4. The number of hydrogen-bond donors (Lipinski definition) is 0. The molecule has 0 unspecified atom stereocenters. The number of nitrogens with zero attached hydrogens (tertiary/aromatic N) is 5. The highest BCUT2D eigenvalue weighted by molar-refractivity contribution is 6.27. The summed E-state index contributed by atoms with van der Waals surface area (Å²) in [5.74, 6) is 0. The highest BCUT2D eigenvalue weighted by atomic mass is 15.2. The molecule has 408 valence electrons. The summed E-state index contributed by atoms with van der Waals surface area (Å²) < 4.78 is 4.92. The highest BCUT2D eigenvalue weighted by Crippen LogP contribution is 2.47. The van der Waals surface area contributed by atoms with Crippen LogP contribution in [0.5, 0.6) is 0 Å². The van der Waals surface area contributed by atoms with Crippen LogP contribution in [0.1, 0.15) is 5.56 Å². The van der Waals surface area contributed by atoms with Crippen molar-refractivity contribution in [2.75, 3.05) is 9.80 Å². The van der Waals surface area contributed by atoms with Gasteiger partial charge in [-0.2, -0.15) is 0 Å². The Bertz CT molecular complexity index is 5290. The van der Waals surface area contributed by atoms with Crippen LogP contribution in [-0.2, 0) is 0 Å². The Morgan fingerprint density at radius 2 is 0.609 bits per heavy atom. The Morgan fingerprint density at radius 3 is 1.05 bits per heavy atom. The first-order chi connectivity index (χ1) is 43.1. The number of rotatable bonds is 8. The van der Waals surface area contributed by atoms with Crippen molar-refractivity contribution in [2.45, 2.75) is 6.92 Å². The van der Waals surface area contributed by atoms with Crippen LogP contribution in [0.3, 0.4) is 0 Å².